The third-order valence-electron chi connectivity index (χ3n) is 2.43. The molecule has 1 N–H and O–H groups in total. The van der Waals surface area contributed by atoms with Gasteiger partial charge in [-0.25, -0.2) is 0 Å². The van der Waals surface area contributed by atoms with Crippen LogP contribution in [0.5, 0.6) is 5.75 Å². The smallest absolute Gasteiger partial charge is 0.122 e. The summed E-state index contributed by atoms with van der Waals surface area (Å²) >= 11 is 3.44. The predicted molar refractivity (Wildman–Crippen MR) is 76.7 cm³/mol. The minimum absolute atomic E-state index is 0.776. The van der Waals surface area contributed by atoms with E-state index in [1.165, 1.54) is 5.56 Å². The molecule has 94 valence electrons. The van der Waals surface area contributed by atoms with E-state index in [1.807, 2.05) is 18.2 Å². The second-order valence-electron chi connectivity index (χ2n) is 3.96. The third-order valence-corrected chi connectivity index (χ3v) is 2.92. The molecule has 1 aromatic rings. The van der Waals surface area contributed by atoms with E-state index in [4.69, 9.17) is 4.74 Å². The van der Waals surface area contributed by atoms with E-state index >= 15 is 0 Å². The van der Waals surface area contributed by atoms with Crippen molar-refractivity contribution in [2.24, 2.45) is 0 Å². The van der Waals surface area contributed by atoms with Crippen molar-refractivity contribution in [1.29, 1.82) is 0 Å². The maximum absolute atomic E-state index is 5.73. The minimum Gasteiger partial charge on any atom is -0.493 e. The highest BCUT2D eigenvalue weighted by Gasteiger charge is 1.99. The Bertz CT molecular complexity index is 352. The van der Waals surface area contributed by atoms with Gasteiger partial charge in [-0.15, -0.1) is 6.58 Å². The van der Waals surface area contributed by atoms with Crippen LogP contribution in [-0.4, -0.2) is 19.7 Å². The molecule has 0 aromatic heterocycles. The van der Waals surface area contributed by atoms with Crippen LogP contribution in [0.4, 0.5) is 0 Å². The van der Waals surface area contributed by atoms with Gasteiger partial charge >= 0.3 is 0 Å². The van der Waals surface area contributed by atoms with Crippen LogP contribution >= 0.6 is 15.9 Å². The molecule has 0 fully saturated rings. The molecule has 0 spiro atoms. The second kappa shape index (κ2) is 8.31. The standard InChI is InChI=1S/C14H20BrNO/c1-3-8-16-9-4-5-10-17-14-7-6-13(15)11-12(14)2/h3,6-7,11,16H,1,4-5,8-10H2,2H3. The SMILES string of the molecule is C=CCNCCCCOc1ccc(Br)cc1C. The highest BCUT2D eigenvalue weighted by molar-refractivity contribution is 9.10. The van der Waals surface area contributed by atoms with Gasteiger partial charge in [0.15, 0.2) is 0 Å². The molecule has 0 heterocycles. The first kappa shape index (κ1) is 14.3. The molecule has 0 aliphatic heterocycles. The van der Waals surface area contributed by atoms with Crippen LogP contribution in [-0.2, 0) is 0 Å². The molecule has 17 heavy (non-hydrogen) atoms. The number of ether oxygens (including phenoxy) is 1. The van der Waals surface area contributed by atoms with E-state index in [0.717, 1.165) is 42.8 Å². The van der Waals surface area contributed by atoms with Crippen molar-refractivity contribution in [3.05, 3.63) is 40.9 Å². The van der Waals surface area contributed by atoms with Gasteiger partial charge in [0.1, 0.15) is 5.75 Å². The number of nitrogens with one attached hydrogen (secondary N) is 1. The van der Waals surface area contributed by atoms with Crippen LogP contribution in [0.15, 0.2) is 35.3 Å². The van der Waals surface area contributed by atoms with Gasteiger partial charge in [-0.2, -0.15) is 0 Å². The second-order valence-corrected chi connectivity index (χ2v) is 4.87. The summed E-state index contributed by atoms with van der Waals surface area (Å²) < 4.78 is 6.82. The van der Waals surface area contributed by atoms with Gasteiger partial charge < -0.3 is 10.1 Å². The molecule has 3 heteroatoms. The highest BCUT2D eigenvalue weighted by Crippen LogP contribution is 2.22. The Morgan fingerprint density at radius 2 is 2.24 bits per heavy atom. The molecule has 0 amide bonds. The van der Waals surface area contributed by atoms with Crippen molar-refractivity contribution < 1.29 is 4.74 Å². The molecule has 1 aromatic carbocycles. The van der Waals surface area contributed by atoms with Crippen LogP contribution in [0.3, 0.4) is 0 Å². The molecule has 0 saturated carbocycles. The van der Waals surface area contributed by atoms with Gasteiger partial charge in [0, 0.05) is 11.0 Å². The van der Waals surface area contributed by atoms with Crippen molar-refractivity contribution in [3.63, 3.8) is 0 Å². The van der Waals surface area contributed by atoms with Crippen molar-refractivity contribution in [3.8, 4) is 5.75 Å². The minimum atomic E-state index is 0.776. The van der Waals surface area contributed by atoms with Gasteiger partial charge in [0.2, 0.25) is 0 Å². The summed E-state index contributed by atoms with van der Waals surface area (Å²) in [6.45, 7) is 8.40. The highest BCUT2D eigenvalue weighted by atomic mass is 79.9. The lowest BCUT2D eigenvalue weighted by Gasteiger charge is -2.09. The van der Waals surface area contributed by atoms with Crippen molar-refractivity contribution in [2.75, 3.05) is 19.7 Å². The number of aryl methyl sites for hydroxylation is 1. The summed E-state index contributed by atoms with van der Waals surface area (Å²) in [5.41, 5.74) is 1.17. The van der Waals surface area contributed by atoms with Gasteiger partial charge in [-0.05, 0) is 50.1 Å². The molecule has 0 atom stereocenters. The molecular formula is C14H20BrNO. The first-order chi connectivity index (χ1) is 8.24. The Morgan fingerprint density at radius 1 is 1.41 bits per heavy atom. The van der Waals surface area contributed by atoms with Crippen molar-refractivity contribution in [1.82, 2.24) is 5.32 Å². The van der Waals surface area contributed by atoms with E-state index in [2.05, 4.69) is 40.8 Å². The van der Waals surface area contributed by atoms with Gasteiger partial charge in [0.05, 0.1) is 6.61 Å². The van der Waals surface area contributed by atoms with Crippen LogP contribution in [0.25, 0.3) is 0 Å². The Hall–Kier alpha value is -0.800. The van der Waals surface area contributed by atoms with E-state index in [1.54, 1.807) is 0 Å². The number of rotatable bonds is 8. The average molecular weight is 298 g/mol. The van der Waals surface area contributed by atoms with Crippen LogP contribution in [0.2, 0.25) is 0 Å². The monoisotopic (exact) mass is 297 g/mol. The molecular weight excluding hydrogens is 278 g/mol. The Kier molecular flexibility index (Phi) is 6.97. The average Bonchev–Trinajstić information content (AvgIpc) is 2.30. The molecule has 0 radical (unpaired) electrons. The lowest BCUT2D eigenvalue weighted by Crippen LogP contribution is -2.15. The van der Waals surface area contributed by atoms with Gasteiger partial charge in [-0.1, -0.05) is 22.0 Å². The number of benzene rings is 1. The molecule has 0 saturated heterocycles. The molecule has 0 aliphatic rings. The number of hydrogen-bond donors (Lipinski definition) is 1. The van der Waals surface area contributed by atoms with Crippen LogP contribution in [0, 0.1) is 6.92 Å². The number of hydrogen-bond acceptors (Lipinski definition) is 2. The van der Waals surface area contributed by atoms with E-state index in [0.29, 0.717) is 0 Å². The number of unbranched alkanes of at least 4 members (excludes halogenated alkanes) is 1. The van der Waals surface area contributed by atoms with E-state index < -0.39 is 0 Å². The first-order valence-electron chi connectivity index (χ1n) is 5.94. The molecule has 0 bridgehead atoms. The zero-order chi connectivity index (χ0) is 12.5. The van der Waals surface area contributed by atoms with Gasteiger partial charge in [-0.3, -0.25) is 0 Å². The number of halogens is 1. The maximum Gasteiger partial charge on any atom is 0.122 e. The van der Waals surface area contributed by atoms with Gasteiger partial charge in [0.25, 0.3) is 0 Å². The fourth-order valence-corrected chi connectivity index (χ4v) is 1.99. The quantitative estimate of drug-likeness (QED) is 0.584. The van der Waals surface area contributed by atoms with Crippen LogP contribution in [0.1, 0.15) is 18.4 Å². The van der Waals surface area contributed by atoms with Crippen LogP contribution < -0.4 is 10.1 Å². The molecule has 0 unspecified atom stereocenters. The summed E-state index contributed by atoms with van der Waals surface area (Å²) in [7, 11) is 0. The van der Waals surface area contributed by atoms with Crippen molar-refractivity contribution in [2.45, 2.75) is 19.8 Å². The normalized spacial score (nSPS) is 10.2. The summed E-state index contributed by atoms with van der Waals surface area (Å²) in [5.74, 6) is 0.979. The predicted octanol–water partition coefficient (Wildman–Crippen LogP) is 3.69. The Balaban J connectivity index is 2.15. The summed E-state index contributed by atoms with van der Waals surface area (Å²) in [6, 6.07) is 6.09. The summed E-state index contributed by atoms with van der Waals surface area (Å²) in [4.78, 5) is 0. The fraction of sp³-hybridized carbons (Fsp3) is 0.429. The fourth-order valence-electron chi connectivity index (χ4n) is 1.51. The molecule has 0 aliphatic carbocycles. The van der Waals surface area contributed by atoms with E-state index in [9.17, 15) is 0 Å². The Labute approximate surface area is 112 Å². The molecule has 2 nitrogen and oxygen atoms in total. The Morgan fingerprint density at radius 3 is 2.94 bits per heavy atom. The third kappa shape index (κ3) is 5.89. The largest absolute Gasteiger partial charge is 0.493 e. The summed E-state index contributed by atoms with van der Waals surface area (Å²) in [6.07, 6.45) is 4.07. The molecule has 1 rings (SSSR count). The maximum atomic E-state index is 5.73. The van der Waals surface area contributed by atoms with E-state index in [-0.39, 0.29) is 0 Å². The summed E-state index contributed by atoms with van der Waals surface area (Å²) in [5, 5.41) is 3.27. The first-order valence-corrected chi connectivity index (χ1v) is 6.74. The zero-order valence-corrected chi connectivity index (χ0v) is 11.9. The lowest BCUT2D eigenvalue weighted by atomic mass is 10.2. The zero-order valence-electron chi connectivity index (χ0n) is 10.3. The van der Waals surface area contributed by atoms with Crippen molar-refractivity contribution >= 4 is 15.9 Å². The topological polar surface area (TPSA) is 21.3 Å². The lowest BCUT2D eigenvalue weighted by molar-refractivity contribution is 0.304.